The predicted octanol–water partition coefficient (Wildman–Crippen LogP) is 7.30. The molecule has 1 atom stereocenters. The molecular formula is C30H31NO5. The van der Waals surface area contributed by atoms with Gasteiger partial charge in [-0.3, -0.25) is 10.1 Å². The summed E-state index contributed by atoms with van der Waals surface area (Å²) in [5.74, 6) is 1.55. The number of benzene rings is 3. The van der Waals surface area contributed by atoms with E-state index in [0.29, 0.717) is 0 Å². The molecule has 36 heavy (non-hydrogen) atoms. The molecule has 1 heterocycles. The lowest BCUT2D eigenvalue weighted by atomic mass is 9.81. The van der Waals surface area contributed by atoms with E-state index >= 15 is 0 Å². The zero-order valence-corrected chi connectivity index (χ0v) is 21.5. The second kappa shape index (κ2) is 9.99. The van der Waals surface area contributed by atoms with Crippen LogP contribution in [0, 0.1) is 10.1 Å². The van der Waals surface area contributed by atoms with Crippen molar-refractivity contribution in [3.63, 3.8) is 0 Å². The van der Waals surface area contributed by atoms with E-state index in [-0.39, 0.29) is 10.6 Å². The van der Waals surface area contributed by atoms with Crippen molar-refractivity contribution in [1.29, 1.82) is 0 Å². The van der Waals surface area contributed by atoms with Gasteiger partial charge in [-0.1, -0.05) is 29.8 Å². The van der Waals surface area contributed by atoms with Gasteiger partial charge >= 0.3 is 0 Å². The molecule has 0 aromatic heterocycles. The van der Waals surface area contributed by atoms with Crippen LogP contribution in [0.5, 0.6) is 11.5 Å². The van der Waals surface area contributed by atoms with Crippen LogP contribution in [0.2, 0.25) is 0 Å². The van der Waals surface area contributed by atoms with Crippen molar-refractivity contribution in [2.45, 2.75) is 39.4 Å². The summed E-state index contributed by atoms with van der Waals surface area (Å²) in [5, 5.41) is 11.3. The largest absolute Gasteiger partial charge is 0.497 e. The Kier molecular flexibility index (Phi) is 7.00. The van der Waals surface area contributed by atoms with Crippen LogP contribution in [-0.2, 0) is 4.74 Å². The van der Waals surface area contributed by atoms with E-state index in [2.05, 4.69) is 27.7 Å². The van der Waals surface area contributed by atoms with Gasteiger partial charge in [0.1, 0.15) is 17.6 Å². The number of nitro groups is 1. The number of ether oxygens (including phenoxy) is 3. The van der Waals surface area contributed by atoms with Crippen molar-refractivity contribution in [3.8, 4) is 11.5 Å². The Balaban J connectivity index is 2.04. The number of allylic oxidation sites excluding steroid dienone is 1. The van der Waals surface area contributed by atoms with Crippen LogP contribution in [-0.4, -0.2) is 24.7 Å². The fraction of sp³-hybridized carbons (Fsp3) is 0.267. The van der Waals surface area contributed by atoms with Crippen LogP contribution in [0.25, 0.3) is 5.57 Å². The third-order valence-electron chi connectivity index (χ3n) is 6.48. The lowest BCUT2D eigenvalue weighted by Crippen LogP contribution is -2.21. The van der Waals surface area contributed by atoms with Gasteiger partial charge in [0.05, 0.1) is 24.7 Å². The first-order valence-electron chi connectivity index (χ1n) is 11.8. The zero-order chi connectivity index (χ0) is 26.0. The molecule has 4 rings (SSSR count). The summed E-state index contributed by atoms with van der Waals surface area (Å²) in [6.45, 7) is 8.33. The van der Waals surface area contributed by atoms with Crippen LogP contribution in [0.4, 0.5) is 5.69 Å². The summed E-state index contributed by atoms with van der Waals surface area (Å²) >= 11 is 0. The minimum absolute atomic E-state index is 0.0505. The van der Waals surface area contributed by atoms with Crippen molar-refractivity contribution in [2.75, 3.05) is 14.2 Å². The van der Waals surface area contributed by atoms with Crippen LogP contribution in [0.3, 0.4) is 0 Å². The number of non-ortho nitro benzene ring substituents is 1. The first kappa shape index (κ1) is 25.2. The minimum Gasteiger partial charge on any atom is -0.497 e. The fourth-order valence-electron chi connectivity index (χ4n) is 4.99. The molecule has 0 spiro atoms. The summed E-state index contributed by atoms with van der Waals surface area (Å²) in [6.07, 6.45) is -0.412. The first-order valence-corrected chi connectivity index (χ1v) is 11.8. The Morgan fingerprint density at radius 1 is 0.833 bits per heavy atom. The SMILES string of the molecule is COc1ccc(C(=C2C(=C(C)C)C(C)(C)OC2c2ccc([N+](=O)[O-])cc2)c2ccc(OC)cc2)cc1. The van der Waals surface area contributed by atoms with Gasteiger partial charge in [0, 0.05) is 12.1 Å². The van der Waals surface area contributed by atoms with Gasteiger partial charge in [0.2, 0.25) is 0 Å². The van der Waals surface area contributed by atoms with Gasteiger partial charge < -0.3 is 14.2 Å². The molecule has 0 N–H and O–H groups in total. The average Bonchev–Trinajstić information content (AvgIpc) is 3.16. The van der Waals surface area contributed by atoms with E-state index in [0.717, 1.165) is 50.5 Å². The highest BCUT2D eigenvalue weighted by molar-refractivity contribution is 5.87. The monoisotopic (exact) mass is 485 g/mol. The molecule has 0 saturated carbocycles. The molecular weight excluding hydrogens is 454 g/mol. The van der Waals surface area contributed by atoms with Crippen LogP contribution in [0.1, 0.15) is 50.5 Å². The van der Waals surface area contributed by atoms with Gasteiger partial charge in [-0.15, -0.1) is 0 Å². The van der Waals surface area contributed by atoms with Gasteiger partial charge in [0.15, 0.2) is 0 Å². The molecule has 0 amide bonds. The predicted molar refractivity (Wildman–Crippen MR) is 141 cm³/mol. The van der Waals surface area contributed by atoms with E-state index in [4.69, 9.17) is 14.2 Å². The third-order valence-corrected chi connectivity index (χ3v) is 6.48. The second-order valence-electron chi connectivity index (χ2n) is 9.48. The Morgan fingerprint density at radius 2 is 1.31 bits per heavy atom. The Hall–Kier alpha value is -3.90. The maximum absolute atomic E-state index is 11.3. The summed E-state index contributed by atoms with van der Waals surface area (Å²) < 4.78 is 17.5. The van der Waals surface area contributed by atoms with Crippen molar-refractivity contribution >= 4 is 11.3 Å². The first-order chi connectivity index (χ1) is 17.2. The molecule has 186 valence electrons. The molecule has 3 aromatic rings. The minimum atomic E-state index is -0.565. The molecule has 0 bridgehead atoms. The number of hydrogen-bond donors (Lipinski definition) is 0. The fourth-order valence-corrected chi connectivity index (χ4v) is 4.99. The molecule has 1 aliphatic heterocycles. The average molecular weight is 486 g/mol. The normalized spacial score (nSPS) is 16.6. The van der Waals surface area contributed by atoms with E-state index < -0.39 is 11.7 Å². The number of nitro benzene ring substituents is 1. The lowest BCUT2D eigenvalue weighted by Gasteiger charge is -2.22. The molecule has 0 aliphatic carbocycles. The lowest BCUT2D eigenvalue weighted by molar-refractivity contribution is -0.384. The van der Waals surface area contributed by atoms with E-state index in [1.807, 2.05) is 48.5 Å². The smallest absolute Gasteiger partial charge is 0.269 e. The van der Waals surface area contributed by atoms with Crippen molar-refractivity contribution in [2.24, 2.45) is 0 Å². The summed E-state index contributed by atoms with van der Waals surface area (Å²) in [7, 11) is 3.30. The Morgan fingerprint density at radius 3 is 1.69 bits per heavy atom. The standard InChI is InChI=1S/C30H31NO5/c1-19(2)28-27(29(36-30(28,3)4)22-7-13-23(14-8-22)31(32)33)26(20-9-15-24(34-5)16-10-20)21-11-17-25(35-6)18-12-21/h7-18,29H,1-6H3. The van der Waals surface area contributed by atoms with E-state index in [9.17, 15) is 10.1 Å². The van der Waals surface area contributed by atoms with Crippen molar-refractivity contribution in [3.05, 3.63) is 116 Å². The second-order valence-corrected chi connectivity index (χ2v) is 9.48. The highest BCUT2D eigenvalue weighted by Crippen LogP contribution is 2.52. The molecule has 1 aliphatic rings. The maximum Gasteiger partial charge on any atom is 0.269 e. The molecule has 6 heteroatoms. The topological polar surface area (TPSA) is 70.8 Å². The Bertz CT molecular complexity index is 1260. The molecule has 1 unspecified atom stereocenters. The molecule has 0 radical (unpaired) electrons. The van der Waals surface area contributed by atoms with Gasteiger partial charge in [-0.05, 0) is 97.5 Å². The van der Waals surface area contributed by atoms with Crippen LogP contribution >= 0.6 is 0 Å². The van der Waals surface area contributed by atoms with Crippen molar-refractivity contribution in [1.82, 2.24) is 0 Å². The van der Waals surface area contributed by atoms with E-state index in [1.54, 1.807) is 26.4 Å². The van der Waals surface area contributed by atoms with Gasteiger partial charge in [-0.25, -0.2) is 0 Å². The Labute approximate surface area is 212 Å². The van der Waals surface area contributed by atoms with Gasteiger partial charge in [0.25, 0.3) is 5.69 Å². The highest BCUT2D eigenvalue weighted by Gasteiger charge is 2.44. The van der Waals surface area contributed by atoms with Crippen LogP contribution in [0.15, 0.2) is 89.5 Å². The molecule has 6 nitrogen and oxygen atoms in total. The summed E-state index contributed by atoms with van der Waals surface area (Å²) in [4.78, 5) is 10.9. The zero-order valence-electron chi connectivity index (χ0n) is 21.5. The van der Waals surface area contributed by atoms with Crippen LogP contribution < -0.4 is 9.47 Å². The molecule has 3 aromatic carbocycles. The van der Waals surface area contributed by atoms with Gasteiger partial charge in [-0.2, -0.15) is 0 Å². The summed E-state index contributed by atoms with van der Waals surface area (Å²) in [6, 6.07) is 22.6. The number of nitrogens with zero attached hydrogens (tertiary/aromatic N) is 1. The quantitative estimate of drug-likeness (QED) is 0.271. The van der Waals surface area contributed by atoms with E-state index in [1.165, 1.54) is 12.1 Å². The third kappa shape index (κ3) is 4.77. The highest BCUT2D eigenvalue weighted by atomic mass is 16.6. The molecule has 1 saturated heterocycles. The number of hydrogen-bond acceptors (Lipinski definition) is 5. The van der Waals surface area contributed by atoms with Crippen molar-refractivity contribution < 1.29 is 19.1 Å². The molecule has 1 fully saturated rings. The maximum atomic E-state index is 11.3. The number of methoxy groups -OCH3 is 2. The summed E-state index contributed by atoms with van der Waals surface area (Å²) in [5.41, 5.74) is 6.73. The number of rotatable bonds is 6.